The maximum atomic E-state index is 12.5. The van der Waals surface area contributed by atoms with Crippen molar-refractivity contribution in [1.29, 1.82) is 0 Å². The van der Waals surface area contributed by atoms with Gasteiger partial charge in [-0.25, -0.2) is 0 Å². The van der Waals surface area contributed by atoms with E-state index in [0.717, 1.165) is 5.56 Å². The summed E-state index contributed by atoms with van der Waals surface area (Å²) in [6, 6.07) is 8.99. The summed E-state index contributed by atoms with van der Waals surface area (Å²) >= 11 is 0. The number of carbonyl (C=O) groups excluding carboxylic acids is 1. The first-order valence-corrected chi connectivity index (χ1v) is 7.01. The van der Waals surface area contributed by atoms with Gasteiger partial charge in [-0.2, -0.15) is 0 Å². The lowest BCUT2D eigenvalue weighted by atomic mass is 10.1. The first kappa shape index (κ1) is 14.9. The Bertz CT molecular complexity index is 423. The van der Waals surface area contributed by atoms with Crippen molar-refractivity contribution in [3.05, 3.63) is 35.9 Å². The minimum atomic E-state index is -3.38. The Morgan fingerprint density at radius 3 is 2.17 bits per heavy atom. The third-order valence-electron chi connectivity index (χ3n) is 2.66. The molecule has 1 atom stereocenters. The lowest BCUT2D eigenvalue weighted by molar-refractivity contribution is -0.140. The highest BCUT2D eigenvalue weighted by Crippen LogP contribution is 2.61. The normalized spacial score (nSPS) is 13.1. The van der Waals surface area contributed by atoms with Gasteiger partial charge in [-0.05, 0) is 5.56 Å². The zero-order chi connectivity index (χ0) is 13.6. The summed E-state index contributed by atoms with van der Waals surface area (Å²) in [4.78, 5) is 11.4. The maximum absolute atomic E-state index is 12.5. The summed E-state index contributed by atoms with van der Waals surface area (Å²) < 4.78 is 27.0. The van der Waals surface area contributed by atoms with E-state index >= 15 is 0 Å². The predicted octanol–water partition coefficient (Wildman–Crippen LogP) is 2.78. The highest BCUT2D eigenvalue weighted by atomic mass is 31.2. The standard InChI is InChI=1S/C12H17O5P/c1-15-12(13)9-11(18(14,16-2)17-3)10-7-5-4-6-8-10/h4-8,11H,9H2,1-3H3/t11-/m1/s1. The monoisotopic (exact) mass is 272 g/mol. The van der Waals surface area contributed by atoms with Crippen molar-refractivity contribution < 1.29 is 23.1 Å². The second kappa shape index (κ2) is 6.69. The largest absolute Gasteiger partial charge is 0.469 e. The zero-order valence-electron chi connectivity index (χ0n) is 10.7. The van der Waals surface area contributed by atoms with Crippen LogP contribution in [0.2, 0.25) is 0 Å². The van der Waals surface area contributed by atoms with Crippen molar-refractivity contribution in [1.82, 2.24) is 0 Å². The second-order valence-electron chi connectivity index (χ2n) is 3.61. The molecule has 100 valence electrons. The molecule has 5 nitrogen and oxygen atoms in total. The molecule has 0 spiro atoms. The number of hydrogen-bond acceptors (Lipinski definition) is 5. The van der Waals surface area contributed by atoms with Gasteiger partial charge in [0.2, 0.25) is 0 Å². The van der Waals surface area contributed by atoms with Crippen LogP contribution in [-0.2, 0) is 23.1 Å². The van der Waals surface area contributed by atoms with Crippen LogP contribution in [0.1, 0.15) is 17.6 Å². The third-order valence-corrected chi connectivity index (χ3v) is 4.92. The minimum Gasteiger partial charge on any atom is -0.469 e. The molecule has 0 fully saturated rings. The highest BCUT2D eigenvalue weighted by Gasteiger charge is 2.37. The number of carbonyl (C=O) groups is 1. The van der Waals surface area contributed by atoms with Crippen LogP contribution in [0, 0.1) is 0 Å². The molecule has 0 aliphatic rings. The van der Waals surface area contributed by atoms with E-state index in [2.05, 4.69) is 4.74 Å². The van der Waals surface area contributed by atoms with Crippen LogP contribution < -0.4 is 0 Å². The Kier molecular flexibility index (Phi) is 5.54. The fraction of sp³-hybridized carbons (Fsp3) is 0.417. The van der Waals surface area contributed by atoms with Crippen molar-refractivity contribution in [2.75, 3.05) is 21.3 Å². The number of benzene rings is 1. The fourth-order valence-corrected chi connectivity index (χ4v) is 3.23. The fourth-order valence-electron chi connectivity index (χ4n) is 1.66. The Balaban J connectivity index is 3.10. The van der Waals surface area contributed by atoms with E-state index in [9.17, 15) is 9.36 Å². The van der Waals surface area contributed by atoms with Crippen LogP contribution in [0.5, 0.6) is 0 Å². The molecular weight excluding hydrogens is 255 g/mol. The lowest BCUT2D eigenvalue weighted by Crippen LogP contribution is -2.11. The number of methoxy groups -OCH3 is 1. The molecule has 0 amide bonds. The molecule has 18 heavy (non-hydrogen) atoms. The first-order chi connectivity index (χ1) is 8.57. The summed E-state index contributed by atoms with van der Waals surface area (Å²) in [6.07, 6.45) is -0.0561. The van der Waals surface area contributed by atoms with Gasteiger partial charge in [-0.15, -0.1) is 0 Å². The van der Waals surface area contributed by atoms with Crippen LogP contribution in [0.3, 0.4) is 0 Å². The summed E-state index contributed by atoms with van der Waals surface area (Å²) in [5.41, 5.74) is 0.0519. The molecule has 0 radical (unpaired) electrons. The SMILES string of the molecule is COC(=O)C[C@H](c1ccccc1)P(=O)(OC)OC. The van der Waals surface area contributed by atoms with Crippen molar-refractivity contribution in [2.24, 2.45) is 0 Å². The molecular formula is C12H17O5P. The van der Waals surface area contributed by atoms with E-state index in [-0.39, 0.29) is 6.42 Å². The van der Waals surface area contributed by atoms with Crippen molar-refractivity contribution in [3.63, 3.8) is 0 Å². The van der Waals surface area contributed by atoms with Crippen LogP contribution in [0.15, 0.2) is 30.3 Å². The molecule has 6 heteroatoms. The number of rotatable bonds is 6. The third kappa shape index (κ3) is 3.42. The molecule has 0 saturated carbocycles. The molecule has 1 rings (SSSR count). The highest BCUT2D eigenvalue weighted by molar-refractivity contribution is 7.54. The van der Waals surface area contributed by atoms with Crippen molar-refractivity contribution in [3.8, 4) is 0 Å². The number of ether oxygens (including phenoxy) is 1. The summed E-state index contributed by atoms with van der Waals surface area (Å²) in [7, 11) is 0.512. The van der Waals surface area contributed by atoms with Crippen LogP contribution in [0.4, 0.5) is 0 Å². The molecule has 0 unspecified atom stereocenters. The Labute approximate surface area is 107 Å². The average molecular weight is 272 g/mol. The number of esters is 1. The van der Waals surface area contributed by atoms with Crippen molar-refractivity contribution >= 4 is 13.6 Å². The minimum absolute atomic E-state index is 0.0561. The van der Waals surface area contributed by atoms with E-state index in [0.29, 0.717) is 0 Å². The van der Waals surface area contributed by atoms with Gasteiger partial charge >= 0.3 is 13.6 Å². The van der Waals surface area contributed by atoms with Gasteiger partial charge in [-0.1, -0.05) is 30.3 Å². The zero-order valence-corrected chi connectivity index (χ0v) is 11.6. The molecule has 0 aliphatic carbocycles. The molecule has 0 N–H and O–H groups in total. The average Bonchev–Trinajstić information content (AvgIpc) is 2.44. The molecule has 0 bridgehead atoms. The van der Waals surface area contributed by atoms with Gasteiger partial charge in [0.05, 0.1) is 19.2 Å². The van der Waals surface area contributed by atoms with Gasteiger partial charge in [0, 0.05) is 14.2 Å². The van der Waals surface area contributed by atoms with Crippen LogP contribution in [0.25, 0.3) is 0 Å². The summed E-state index contributed by atoms with van der Waals surface area (Å²) in [5.74, 6) is -0.460. The Morgan fingerprint density at radius 1 is 1.17 bits per heavy atom. The summed E-state index contributed by atoms with van der Waals surface area (Å²) in [5, 5.41) is 0. The molecule has 1 aromatic rings. The van der Waals surface area contributed by atoms with Gasteiger partial charge < -0.3 is 13.8 Å². The van der Waals surface area contributed by atoms with Crippen LogP contribution in [-0.4, -0.2) is 27.3 Å². The molecule has 0 heterocycles. The summed E-state index contributed by atoms with van der Waals surface area (Å²) in [6.45, 7) is 0. The molecule has 1 aromatic carbocycles. The Morgan fingerprint density at radius 2 is 1.72 bits per heavy atom. The van der Waals surface area contributed by atoms with E-state index in [1.54, 1.807) is 24.3 Å². The van der Waals surface area contributed by atoms with E-state index in [4.69, 9.17) is 9.05 Å². The predicted molar refractivity (Wildman–Crippen MR) is 67.4 cm³/mol. The van der Waals surface area contributed by atoms with Gasteiger partial charge in [-0.3, -0.25) is 9.36 Å². The van der Waals surface area contributed by atoms with E-state index < -0.39 is 19.2 Å². The maximum Gasteiger partial charge on any atom is 0.338 e. The van der Waals surface area contributed by atoms with Gasteiger partial charge in [0.1, 0.15) is 0 Å². The molecule has 0 aliphatic heterocycles. The molecule has 0 saturated heterocycles. The second-order valence-corrected chi connectivity index (χ2v) is 6.05. The van der Waals surface area contributed by atoms with E-state index in [1.807, 2.05) is 6.07 Å². The van der Waals surface area contributed by atoms with Gasteiger partial charge in [0.25, 0.3) is 0 Å². The van der Waals surface area contributed by atoms with Crippen LogP contribution >= 0.6 is 7.60 Å². The van der Waals surface area contributed by atoms with Crippen molar-refractivity contribution in [2.45, 2.75) is 12.1 Å². The topological polar surface area (TPSA) is 61.8 Å². The quantitative estimate of drug-likeness (QED) is 0.588. The Hall–Kier alpha value is -1.16. The lowest BCUT2D eigenvalue weighted by Gasteiger charge is -2.23. The number of hydrogen-bond donors (Lipinski definition) is 0. The molecule has 0 aromatic heterocycles. The van der Waals surface area contributed by atoms with Gasteiger partial charge in [0.15, 0.2) is 0 Å². The first-order valence-electron chi connectivity index (χ1n) is 5.40. The smallest absolute Gasteiger partial charge is 0.338 e. The van der Waals surface area contributed by atoms with E-state index in [1.165, 1.54) is 21.3 Å².